The zero-order chi connectivity index (χ0) is 20.0. The van der Waals surface area contributed by atoms with Gasteiger partial charge in [-0.3, -0.25) is 0 Å². The van der Waals surface area contributed by atoms with Gasteiger partial charge in [0.1, 0.15) is 6.17 Å². The third-order valence-corrected chi connectivity index (χ3v) is 5.86. The molecule has 5 aromatic rings. The highest BCUT2D eigenvalue weighted by atomic mass is 15.2. The molecular weight excluding hydrogens is 352 g/mol. The number of nitrogens with zero attached hydrogens (tertiary/aromatic N) is 2. The average Bonchev–Trinajstić information content (AvgIpc) is 3.34. The summed E-state index contributed by atoms with van der Waals surface area (Å²) in [6, 6.07) is 30.8. The van der Waals surface area contributed by atoms with Crippen LogP contribution in [0.3, 0.4) is 0 Å². The summed E-state index contributed by atoms with van der Waals surface area (Å²) in [4.78, 5) is 0. The zero-order valence-corrected chi connectivity index (χ0v) is 17.2. The van der Waals surface area contributed by atoms with Crippen LogP contribution in [0.1, 0.15) is 38.1 Å². The van der Waals surface area contributed by atoms with Gasteiger partial charge in [0.25, 0.3) is 0 Å². The minimum atomic E-state index is 0.0591. The van der Waals surface area contributed by atoms with Crippen LogP contribution in [-0.2, 0) is 5.41 Å². The van der Waals surface area contributed by atoms with E-state index in [1.807, 2.05) is 0 Å². The summed E-state index contributed by atoms with van der Waals surface area (Å²) >= 11 is 0. The molecule has 2 aromatic heterocycles. The fourth-order valence-corrected chi connectivity index (χ4v) is 4.25. The largest absolute Gasteiger partial charge is 0.322 e. The average molecular weight is 379 g/mol. The maximum atomic E-state index is 2.38. The van der Waals surface area contributed by atoms with Crippen molar-refractivity contribution in [2.45, 2.75) is 32.4 Å². The summed E-state index contributed by atoms with van der Waals surface area (Å²) in [6.45, 7) is 6.79. The lowest BCUT2D eigenvalue weighted by atomic mass is 9.86. The summed E-state index contributed by atoms with van der Waals surface area (Å²) in [6.07, 6.45) is 4.48. The molecule has 0 aliphatic rings. The van der Waals surface area contributed by atoms with Gasteiger partial charge in [0.05, 0.1) is 11.0 Å². The van der Waals surface area contributed by atoms with Gasteiger partial charge in [-0.25, -0.2) is 0 Å². The number of fused-ring (bicyclic) bond motifs is 2. The zero-order valence-electron chi connectivity index (χ0n) is 17.2. The van der Waals surface area contributed by atoms with Gasteiger partial charge in [-0.1, -0.05) is 81.4 Å². The lowest BCUT2D eigenvalue weighted by Gasteiger charge is -2.25. The Hall–Kier alpha value is -3.26. The second-order valence-electron chi connectivity index (χ2n) is 8.81. The Labute approximate surface area is 172 Å². The lowest BCUT2D eigenvalue weighted by Crippen LogP contribution is -2.19. The summed E-state index contributed by atoms with van der Waals surface area (Å²) in [5.41, 5.74) is 5.27. The Morgan fingerprint density at radius 2 is 1.07 bits per heavy atom. The molecule has 0 unspecified atom stereocenters. The van der Waals surface area contributed by atoms with Gasteiger partial charge in [0, 0.05) is 12.4 Å². The number of rotatable bonds is 3. The van der Waals surface area contributed by atoms with Crippen LogP contribution in [-0.4, -0.2) is 9.13 Å². The van der Waals surface area contributed by atoms with Crippen molar-refractivity contribution in [2.24, 2.45) is 0 Å². The van der Waals surface area contributed by atoms with Crippen molar-refractivity contribution >= 4 is 21.8 Å². The van der Waals surface area contributed by atoms with E-state index in [0.717, 1.165) is 0 Å². The standard InChI is InChI=1S/C27H26N2/c1-27(2,3)23-14-12-22(13-15-23)26(28-18-16-20-8-4-6-10-24(20)28)29-19-17-21-9-5-7-11-25(21)29/h4-19,26H,1-3H3. The highest BCUT2D eigenvalue weighted by Crippen LogP contribution is 2.32. The topological polar surface area (TPSA) is 9.86 Å². The van der Waals surface area contributed by atoms with Gasteiger partial charge >= 0.3 is 0 Å². The molecule has 0 radical (unpaired) electrons. The van der Waals surface area contributed by atoms with Crippen molar-refractivity contribution in [3.05, 3.63) is 108 Å². The number of para-hydroxylation sites is 2. The molecule has 144 valence electrons. The first-order valence-electron chi connectivity index (χ1n) is 10.2. The van der Waals surface area contributed by atoms with E-state index in [1.165, 1.54) is 32.9 Å². The van der Waals surface area contributed by atoms with Crippen LogP contribution in [0.4, 0.5) is 0 Å². The fourth-order valence-electron chi connectivity index (χ4n) is 4.25. The smallest absolute Gasteiger partial charge is 0.136 e. The molecule has 0 saturated carbocycles. The van der Waals surface area contributed by atoms with Crippen molar-refractivity contribution < 1.29 is 0 Å². The van der Waals surface area contributed by atoms with E-state index in [2.05, 4.69) is 127 Å². The van der Waals surface area contributed by atoms with Gasteiger partial charge in [0.2, 0.25) is 0 Å². The highest BCUT2D eigenvalue weighted by Gasteiger charge is 2.20. The van der Waals surface area contributed by atoms with Crippen LogP contribution in [0.2, 0.25) is 0 Å². The molecule has 2 nitrogen and oxygen atoms in total. The molecule has 3 aromatic carbocycles. The van der Waals surface area contributed by atoms with Crippen LogP contribution in [0.5, 0.6) is 0 Å². The minimum Gasteiger partial charge on any atom is -0.322 e. The van der Waals surface area contributed by atoms with Crippen LogP contribution in [0, 0.1) is 0 Å². The molecular formula is C27H26N2. The first-order chi connectivity index (χ1) is 14.0. The van der Waals surface area contributed by atoms with E-state index in [4.69, 9.17) is 0 Å². The van der Waals surface area contributed by atoms with Crippen molar-refractivity contribution in [1.82, 2.24) is 9.13 Å². The van der Waals surface area contributed by atoms with Crippen molar-refractivity contribution in [2.75, 3.05) is 0 Å². The Morgan fingerprint density at radius 3 is 1.55 bits per heavy atom. The Balaban J connectivity index is 1.74. The van der Waals surface area contributed by atoms with E-state index in [9.17, 15) is 0 Å². The lowest BCUT2D eigenvalue weighted by molar-refractivity contribution is 0.532. The predicted octanol–water partition coefficient (Wildman–Crippen LogP) is 6.99. The summed E-state index contributed by atoms with van der Waals surface area (Å²) in [7, 11) is 0. The van der Waals surface area contributed by atoms with Crippen LogP contribution in [0.25, 0.3) is 21.8 Å². The Kier molecular flexibility index (Phi) is 4.09. The van der Waals surface area contributed by atoms with E-state index < -0.39 is 0 Å². The van der Waals surface area contributed by atoms with Gasteiger partial charge in [0.15, 0.2) is 0 Å². The third-order valence-electron chi connectivity index (χ3n) is 5.86. The molecule has 0 spiro atoms. The Morgan fingerprint density at radius 1 is 0.586 bits per heavy atom. The summed E-state index contributed by atoms with van der Waals surface area (Å²) in [5.74, 6) is 0. The minimum absolute atomic E-state index is 0.0591. The molecule has 0 fully saturated rings. The first kappa shape index (κ1) is 17.8. The molecule has 0 atom stereocenters. The second-order valence-corrected chi connectivity index (χ2v) is 8.81. The van der Waals surface area contributed by atoms with Crippen molar-refractivity contribution in [3.63, 3.8) is 0 Å². The Bertz CT molecular complexity index is 1210. The fraction of sp³-hybridized carbons (Fsp3) is 0.185. The molecule has 0 N–H and O–H groups in total. The molecule has 5 rings (SSSR count). The highest BCUT2D eigenvalue weighted by molar-refractivity contribution is 5.82. The van der Waals surface area contributed by atoms with Crippen molar-refractivity contribution in [3.8, 4) is 0 Å². The maximum absolute atomic E-state index is 2.38. The summed E-state index contributed by atoms with van der Waals surface area (Å²) in [5, 5.41) is 2.53. The monoisotopic (exact) mass is 378 g/mol. The van der Waals surface area contributed by atoms with E-state index in [0.29, 0.717) is 0 Å². The number of hydrogen-bond acceptors (Lipinski definition) is 0. The van der Waals surface area contributed by atoms with Gasteiger partial charge in [-0.2, -0.15) is 0 Å². The van der Waals surface area contributed by atoms with E-state index >= 15 is 0 Å². The molecule has 2 heterocycles. The third kappa shape index (κ3) is 3.05. The van der Waals surface area contributed by atoms with Gasteiger partial charge < -0.3 is 9.13 Å². The molecule has 0 saturated heterocycles. The SMILES string of the molecule is CC(C)(C)c1ccc(C(n2ccc3ccccc32)n2ccc3ccccc32)cc1. The maximum Gasteiger partial charge on any atom is 0.136 e. The molecule has 0 aliphatic carbocycles. The molecule has 0 amide bonds. The van der Waals surface area contributed by atoms with E-state index in [1.54, 1.807) is 0 Å². The quantitative estimate of drug-likeness (QED) is 0.320. The number of aromatic nitrogens is 2. The predicted molar refractivity (Wildman–Crippen MR) is 123 cm³/mol. The number of hydrogen-bond donors (Lipinski definition) is 0. The van der Waals surface area contributed by atoms with Crippen LogP contribution < -0.4 is 0 Å². The van der Waals surface area contributed by atoms with Crippen LogP contribution >= 0.6 is 0 Å². The molecule has 0 bridgehead atoms. The number of benzene rings is 3. The van der Waals surface area contributed by atoms with E-state index in [-0.39, 0.29) is 11.6 Å². The first-order valence-corrected chi connectivity index (χ1v) is 10.2. The van der Waals surface area contributed by atoms with Gasteiger partial charge in [-0.15, -0.1) is 0 Å². The molecule has 0 aliphatic heterocycles. The van der Waals surface area contributed by atoms with Crippen LogP contribution in [0.15, 0.2) is 97.3 Å². The summed E-state index contributed by atoms with van der Waals surface area (Å²) < 4.78 is 4.77. The normalized spacial score (nSPS) is 12.3. The van der Waals surface area contributed by atoms with Gasteiger partial charge in [-0.05, 0) is 51.6 Å². The molecule has 29 heavy (non-hydrogen) atoms. The second kappa shape index (κ2) is 6.66. The molecule has 2 heteroatoms. The van der Waals surface area contributed by atoms with Crippen molar-refractivity contribution in [1.29, 1.82) is 0 Å².